The van der Waals surface area contributed by atoms with Gasteiger partial charge in [-0.3, -0.25) is 4.98 Å². The van der Waals surface area contributed by atoms with Gasteiger partial charge >= 0.3 is 0 Å². The van der Waals surface area contributed by atoms with Crippen molar-refractivity contribution in [1.82, 2.24) is 4.98 Å². The van der Waals surface area contributed by atoms with Gasteiger partial charge in [0.05, 0.1) is 26.5 Å². The van der Waals surface area contributed by atoms with Gasteiger partial charge in [-0.05, 0) is 59.5 Å². The maximum Gasteiger partial charge on any atom is 0.0769 e. The Kier molecular flexibility index (Phi) is 4.16. The molecule has 0 fully saturated rings. The highest BCUT2D eigenvalue weighted by Gasteiger charge is 2.23. The average Bonchev–Trinajstić information content (AvgIpc) is 2.80. The van der Waals surface area contributed by atoms with Crippen molar-refractivity contribution >= 4 is 45.3 Å². The van der Waals surface area contributed by atoms with Crippen molar-refractivity contribution in [2.45, 2.75) is 25.3 Å². The quantitative estimate of drug-likeness (QED) is 0.780. The van der Waals surface area contributed by atoms with Crippen LogP contribution in [0.1, 0.15) is 29.3 Å². The molecule has 0 amide bonds. The van der Waals surface area contributed by atoms with Crippen molar-refractivity contribution in [3.8, 4) is 0 Å². The van der Waals surface area contributed by atoms with Crippen LogP contribution in [0.4, 0.5) is 11.4 Å². The lowest BCUT2D eigenvalue weighted by Gasteiger charge is -2.27. The normalized spacial score (nSPS) is 17.6. The molecule has 2 aromatic heterocycles. The molecule has 3 rings (SSSR count). The van der Waals surface area contributed by atoms with E-state index in [9.17, 15) is 0 Å². The van der Waals surface area contributed by atoms with Crippen LogP contribution in [0.25, 0.3) is 0 Å². The standard InChI is InChI=1S/C15H18IN3S/c1-19(2)13-6-7-17-9-12(13)18-11-4-3-5-14-10(11)8-15(16)20-14/h6-9,11,18H,3-5H2,1-2H3. The summed E-state index contributed by atoms with van der Waals surface area (Å²) in [6.07, 6.45) is 7.47. The molecule has 1 atom stereocenters. The molecule has 3 nitrogen and oxygen atoms in total. The Hall–Kier alpha value is -0.820. The Balaban J connectivity index is 1.89. The van der Waals surface area contributed by atoms with Crippen LogP contribution in [-0.4, -0.2) is 19.1 Å². The number of halogens is 1. The molecule has 1 aliphatic rings. The zero-order valence-electron chi connectivity index (χ0n) is 11.7. The van der Waals surface area contributed by atoms with Crippen molar-refractivity contribution in [2.75, 3.05) is 24.3 Å². The third kappa shape index (κ3) is 2.79. The summed E-state index contributed by atoms with van der Waals surface area (Å²) in [6.45, 7) is 0. The van der Waals surface area contributed by atoms with Gasteiger partial charge in [0.25, 0.3) is 0 Å². The van der Waals surface area contributed by atoms with Crippen LogP contribution < -0.4 is 10.2 Å². The van der Waals surface area contributed by atoms with Gasteiger partial charge in [0.2, 0.25) is 0 Å². The summed E-state index contributed by atoms with van der Waals surface area (Å²) in [6, 6.07) is 4.81. The summed E-state index contributed by atoms with van der Waals surface area (Å²) >= 11 is 4.36. The van der Waals surface area contributed by atoms with E-state index in [4.69, 9.17) is 0 Å². The van der Waals surface area contributed by atoms with E-state index in [1.54, 1.807) is 4.88 Å². The fourth-order valence-electron chi connectivity index (χ4n) is 2.75. The van der Waals surface area contributed by atoms with Crippen LogP contribution in [0.15, 0.2) is 24.5 Å². The molecule has 0 spiro atoms. The SMILES string of the molecule is CN(C)c1ccncc1NC1CCCc2sc(I)cc21. The average molecular weight is 399 g/mol. The number of pyridine rings is 1. The van der Waals surface area contributed by atoms with E-state index in [0.29, 0.717) is 6.04 Å². The second-order valence-electron chi connectivity index (χ2n) is 5.31. The highest BCUT2D eigenvalue weighted by atomic mass is 127. The molecule has 1 unspecified atom stereocenters. The first-order valence-corrected chi connectivity index (χ1v) is 8.70. The van der Waals surface area contributed by atoms with E-state index >= 15 is 0 Å². The molecular formula is C15H18IN3S. The Labute approximate surface area is 137 Å². The number of nitrogens with one attached hydrogen (secondary N) is 1. The minimum absolute atomic E-state index is 0.418. The van der Waals surface area contributed by atoms with Gasteiger partial charge in [-0.2, -0.15) is 0 Å². The molecule has 1 N–H and O–H groups in total. The topological polar surface area (TPSA) is 28.2 Å². The van der Waals surface area contributed by atoms with Crippen LogP contribution in [0, 0.1) is 2.88 Å². The monoisotopic (exact) mass is 399 g/mol. The predicted octanol–water partition coefficient (Wildman–Crippen LogP) is 4.30. The predicted molar refractivity (Wildman–Crippen MR) is 94.9 cm³/mol. The summed E-state index contributed by atoms with van der Waals surface area (Å²) in [5, 5.41) is 3.70. The number of aromatic nitrogens is 1. The van der Waals surface area contributed by atoms with Crippen LogP contribution in [0.2, 0.25) is 0 Å². The molecule has 0 bridgehead atoms. The van der Waals surface area contributed by atoms with E-state index in [-0.39, 0.29) is 0 Å². The number of nitrogens with zero attached hydrogens (tertiary/aromatic N) is 2. The lowest BCUT2D eigenvalue weighted by molar-refractivity contribution is 0.608. The smallest absolute Gasteiger partial charge is 0.0769 e. The Morgan fingerprint density at radius 1 is 1.45 bits per heavy atom. The molecule has 1 aliphatic carbocycles. The molecule has 0 saturated carbocycles. The number of fused-ring (bicyclic) bond motifs is 1. The molecule has 5 heteroatoms. The number of rotatable bonds is 3. The lowest BCUT2D eigenvalue weighted by atomic mass is 9.94. The van der Waals surface area contributed by atoms with Gasteiger partial charge in [0.15, 0.2) is 0 Å². The van der Waals surface area contributed by atoms with Gasteiger partial charge in [0.1, 0.15) is 0 Å². The van der Waals surface area contributed by atoms with E-state index < -0.39 is 0 Å². The number of thiophene rings is 1. The van der Waals surface area contributed by atoms with Gasteiger partial charge < -0.3 is 10.2 Å². The molecule has 2 heterocycles. The fraction of sp³-hybridized carbons (Fsp3) is 0.400. The number of hydrogen-bond donors (Lipinski definition) is 1. The molecule has 0 aliphatic heterocycles. The van der Waals surface area contributed by atoms with Crippen LogP contribution >= 0.6 is 33.9 Å². The summed E-state index contributed by atoms with van der Waals surface area (Å²) in [4.78, 5) is 7.95. The van der Waals surface area contributed by atoms with E-state index in [0.717, 1.165) is 5.69 Å². The second kappa shape index (κ2) is 5.89. The number of anilines is 2. The molecule has 0 radical (unpaired) electrons. The van der Waals surface area contributed by atoms with E-state index in [1.807, 2.05) is 23.7 Å². The minimum Gasteiger partial charge on any atom is -0.376 e. The van der Waals surface area contributed by atoms with Gasteiger partial charge in [-0.25, -0.2) is 0 Å². The second-order valence-corrected chi connectivity index (χ2v) is 8.34. The first-order chi connectivity index (χ1) is 9.65. The molecule has 0 saturated heterocycles. The zero-order chi connectivity index (χ0) is 14.1. The highest BCUT2D eigenvalue weighted by molar-refractivity contribution is 14.1. The van der Waals surface area contributed by atoms with Crippen molar-refractivity contribution in [2.24, 2.45) is 0 Å². The molecule has 106 valence electrons. The molecular weight excluding hydrogens is 381 g/mol. The molecule has 0 aromatic carbocycles. The first-order valence-electron chi connectivity index (χ1n) is 6.81. The van der Waals surface area contributed by atoms with Gasteiger partial charge in [-0.1, -0.05) is 0 Å². The third-order valence-electron chi connectivity index (χ3n) is 3.69. The van der Waals surface area contributed by atoms with Crippen LogP contribution in [0.5, 0.6) is 0 Å². The Morgan fingerprint density at radius 3 is 3.10 bits per heavy atom. The number of hydrogen-bond acceptors (Lipinski definition) is 4. The van der Waals surface area contributed by atoms with Crippen molar-refractivity contribution < 1.29 is 0 Å². The van der Waals surface area contributed by atoms with Crippen molar-refractivity contribution in [1.29, 1.82) is 0 Å². The van der Waals surface area contributed by atoms with Gasteiger partial charge in [0, 0.05) is 25.2 Å². The summed E-state index contributed by atoms with van der Waals surface area (Å²) in [7, 11) is 4.14. The maximum absolute atomic E-state index is 4.27. The van der Waals surface area contributed by atoms with E-state index in [1.165, 1.54) is 33.4 Å². The Morgan fingerprint density at radius 2 is 2.30 bits per heavy atom. The van der Waals surface area contributed by atoms with Crippen molar-refractivity contribution in [3.63, 3.8) is 0 Å². The van der Waals surface area contributed by atoms with Crippen LogP contribution in [0.3, 0.4) is 0 Å². The largest absolute Gasteiger partial charge is 0.376 e. The van der Waals surface area contributed by atoms with Crippen molar-refractivity contribution in [3.05, 3.63) is 37.9 Å². The fourth-order valence-corrected chi connectivity index (χ4v) is 4.87. The molecule has 20 heavy (non-hydrogen) atoms. The maximum atomic E-state index is 4.27. The van der Waals surface area contributed by atoms with Gasteiger partial charge in [-0.15, -0.1) is 11.3 Å². The molecule has 2 aromatic rings. The Bertz CT molecular complexity index is 609. The van der Waals surface area contributed by atoms with E-state index in [2.05, 4.69) is 64.0 Å². The highest BCUT2D eigenvalue weighted by Crippen LogP contribution is 2.39. The third-order valence-corrected chi connectivity index (χ3v) is 5.66. The first kappa shape index (κ1) is 14.1. The summed E-state index contributed by atoms with van der Waals surface area (Å²) in [5.74, 6) is 0. The number of aryl methyl sites for hydroxylation is 1. The lowest BCUT2D eigenvalue weighted by Crippen LogP contribution is -2.18. The summed E-state index contributed by atoms with van der Waals surface area (Å²) < 4.78 is 1.39. The minimum atomic E-state index is 0.418. The summed E-state index contributed by atoms with van der Waals surface area (Å²) in [5.41, 5.74) is 3.80. The van der Waals surface area contributed by atoms with Crippen LogP contribution in [-0.2, 0) is 6.42 Å². The zero-order valence-corrected chi connectivity index (χ0v) is 14.7.